The quantitative estimate of drug-likeness (QED) is 0.248. The van der Waals surface area contributed by atoms with E-state index in [1.165, 1.54) is 27.8 Å². The van der Waals surface area contributed by atoms with E-state index in [0.29, 0.717) is 0 Å². The van der Waals surface area contributed by atoms with E-state index >= 15 is 0 Å². The van der Waals surface area contributed by atoms with Crippen molar-refractivity contribution in [3.05, 3.63) is 105 Å². The first-order chi connectivity index (χ1) is 11.7. The highest BCUT2D eigenvalue weighted by Gasteiger charge is 2.16. The largest absolute Gasteiger partial charge is 0.0876 e. The van der Waals surface area contributed by atoms with E-state index in [0.717, 1.165) is 15.1 Å². The fourth-order valence-corrected chi connectivity index (χ4v) is 3.84. The third-order valence-corrected chi connectivity index (χ3v) is 5.96. The van der Waals surface area contributed by atoms with Gasteiger partial charge in [0.1, 0.15) is 0 Å². The summed E-state index contributed by atoms with van der Waals surface area (Å²) in [5.41, 5.74) is 6.52. The van der Waals surface area contributed by atoms with Gasteiger partial charge in [-0.15, -0.1) is 0 Å². The molecule has 0 heterocycles. The van der Waals surface area contributed by atoms with Gasteiger partial charge in [0.05, 0.1) is 0 Å². The highest BCUT2D eigenvalue weighted by Crippen LogP contribution is 2.33. The molecule has 0 aromatic heterocycles. The minimum atomic E-state index is 0.242. The molecule has 3 aromatic rings. The molecule has 0 spiro atoms. The Bertz CT molecular complexity index is 727. The van der Waals surface area contributed by atoms with E-state index in [4.69, 9.17) is 0 Å². The second-order valence-electron chi connectivity index (χ2n) is 5.73. The van der Waals surface area contributed by atoms with Crippen molar-refractivity contribution in [1.82, 2.24) is 0 Å². The van der Waals surface area contributed by atoms with Gasteiger partial charge in [-0.3, -0.25) is 0 Å². The zero-order chi connectivity index (χ0) is 16.9. The SMILES string of the molecule is BrCc1ccc(C(c2ccc(Br)cc2)c2ccc(CBr)cc2)cc1. The number of hydrogen-bond acceptors (Lipinski definition) is 0. The molecule has 0 amide bonds. The Labute approximate surface area is 168 Å². The molecule has 0 radical (unpaired) electrons. The molecule has 3 aromatic carbocycles. The average Bonchev–Trinajstić information content (AvgIpc) is 2.64. The molecule has 3 rings (SSSR count). The lowest BCUT2D eigenvalue weighted by Crippen LogP contribution is -2.03. The summed E-state index contributed by atoms with van der Waals surface area (Å²) in [5, 5.41) is 1.77. The molecule has 0 bridgehead atoms. The summed E-state index contributed by atoms with van der Waals surface area (Å²) in [6, 6.07) is 26.4. The van der Waals surface area contributed by atoms with E-state index < -0.39 is 0 Å². The summed E-state index contributed by atoms with van der Waals surface area (Å²) in [4.78, 5) is 0. The van der Waals surface area contributed by atoms with Gasteiger partial charge in [-0.1, -0.05) is 108 Å². The van der Waals surface area contributed by atoms with Gasteiger partial charge >= 0.3 is 0 Å². The summed E-state index contributed by atoms with van der Waals surface area (Å²) in [7, 11) is 0. The standard InChI is InChI=1S/C21H17Br3/c22-13-15-1-5-17(6-2-15)21(19-9-11-20(24)12-10-19)18-7-3-16(14-23)4-8-18/h1-12,21H,13-14H2. The maximum atomic E-state index is 3.53. The predicted octanol–water partition coefficient (Wildman–Crippen LogP) is 7.42. The molecule has 0 aliphatic rings. The lowest BCUT2D eigenvalue weighted by Gasteiger charge is -2.19. The van der Waals surface area contributed by atoms with Crippen molar-refractivity contribution in [2.45, 2.75) is 16.6 Å². The molecular weight excluding hydrogens is 492 g/mol. The molecule has 3 heteroatoms. The van der Waals surface area contributed by atoms with Crippen molar-refractivity contribution >= 4 is 47.8 Å². The number of alkyl halides is 2. The zero-order valence-electron chi connectivity index (χ0n) is 13.1. The molecule has 0 atom stereocenters. The van der Waals surface area contributed by atoms with Gasteiger partial charge in [-0.05, 0) is 39.9 Å². The molecular formula is C21H17Br3. The Morgan fingerprint density at radius 3 is 1.21 bits per heavy atom. The average molecular weight is 509 g/mol. The van der Waals surface area contributed by atoms with Crippen LogP contribution in [0.2, 0.25) is 0 Å². The van der Waals surface area contributed by atoms with Crippen LogP contribution < -0.4 is 0 Å². The van der Waals surface area contributed by atoms with Gasteiger partial charge in [0.15, 0.2) is 0 Å². The maximum absolute atomic E-state index is 3.53. The van der Waals surface area contributed by atoms with Gasteiger partial charge in [0.25, 0.3) is 0 Å². The zero-order valence-corrected chi connectivity index (χ0v) is 17.8. The van der Waals surface area contributed by atoms with Crippen LogP contribution in [-0.2, 0) is 10.7 Å². The third-order valence-electron chi connectivity index (χ3n) is 4.14. The first-order valence-corrected chi connectivity index (χ1v) is 10.8. The van der Waals surface area contributed by atoms with Gasteiger partial charge in [-0.2, -0.15) is 0 Å². The van der Waals surface area contributed by atoms with Gasteiger partial charge in [-0.25, -0.2) is 0 Å². The minimum Gasteiger partial charge on any atom is -0.0876 e. The smallest absolute Gasteiger partial charge is 0.0340 e. The van der Waals surface area contributed by atoms with E-state index in [2.05, 4.69) is 121 Å². The van der Waals surface area contributed by atoms with Gasteiger partial charge in [0, 0.05) is 21.1 Å². The van der Waals surface area contributed by atoms with Crippen molar-refractivity contribution in [2.75, 3.05) is 0 Å². The Kier molecular flexibility index (Phi) is 6.31. The molecule has 24 heavy (non-hydrogen) atoms. The van der Waals surface area contributed by atoms with Crippen LogP contribution >= 0.6 is 47.8 Å². The van der Waals surface area contributed by atoms with E-state index in [1.54, 1.807) is 0 Å². The van der Waals surface area contributed by atoms with Gasteiger partial charge < -0.3 is 0 Å². The van der Waals surface area contributed by atoms with Crippen molar-refractivity contribution in [1.29, 1.82) is 0 Å². The Morgan fingerprint density at radius 2 is 0.875 bits per heavy atom. The molecule has 0 saturated carbocycles. The van der Waals surface area contributed by atoms with Crippen LogP contribution in [0.25, 0.3) is 0 Å². The lowest BCUT2D eigenvalue weighted by molar-refractivity contribution is 0.973. The van der Waals surface area contributed by atoms with E-state index in [-0.39, 0.29) is 5.92 Å². The van der Waals surface area contributed by atoms with E-state index in [9.17, 15) is 0 Å². The molecule has 0 saturated heterocycles. The normalized spacial score (nSPS) is 11.0. The fraction of sp³-hybridized carbons (Fsp3) is 0.143. The predicted molar refractivity (Wildman–Crippen MR) is 113 cm³/mol. The van der Waals surface area contributed by atoms with Crippen LogP contribution in [-0.4, -0.2) is 0 Å². The first-order valence-electron chi connectivity index (χ1n) is 7.76. The number of halogens is 3. The lowest BCUT2D eigenvalue weighted by atomic mass is 9.84. The van der Waals surface area contributed by atoms with Crippen LogP contribution in [0.1, 0.15) is 33.7 Å². The second-order valence-corrected chi connectivity index (χ2v) is 7.77. The second kappa shape index (κ2) is 8.46. The molecule has 0 N–H and O–H groups in total. The minimum absolute atomic E-state index is 0.242. The molecule has 0 unspecified atom stereocenters. The van der Waals surface area contributed by atoms with E-state index in [1.807, 2.05) is 0 Å². The van der Waals surface area contributed by atoms with Crippen LogP contribution in [0.3, 0.4) is 0 Å². The van der Waals surface area contributed by atoms with Crippen LogP contribution in [0, 0.1) is 0 Å². The topological polar surface area (TPSA) is 0 Å². The maximum Gasteiger partial charge on any atom is 0.0340 e. The van der Waals surface area contributed by atoms with Crippen molar-refractivity contribution in [2.24, 2.45) is 0 Å². The van der Waals surface area contributed by atoms with Crippen molar-refractivity contribution < 1.29 is 0 Å². The summed E-state index contributed by atoms with van der Waals surface area (Å²) in [6.07, 6.45) is 0. The summed E-state index contributed by atoms with van der Waals surface area (Å²) >= 11 is 10.6. The third kappa shape index (κ3) is 4.19. The summed E-state index contributed by atoms with van der Waals surface area (Å²) in [5.74, 6) is 0.242. The molecule has 0 aliphatic carbocycles. The number of rotatable bonds is 5. The molecule has 0 nitrogen and oxygen atoms in total. The van der Waals surface area contributed by atoms with Crippen molar-refractivity contribution in [3.8, 4) is 0 Å². The Balaban J connectivity index is 2.06. The Hall–Kier alpha value is -0.900. The fourth-order valence-electron chi connectivity index (χ4n) is 2.83. The highest BCUT2D eigenvalue weighted by molar-refractivity contribution is 9.10. The first kappa shape index (κ1) is 17.9. The highest BCUT2D eigenvalue weighted by atomic mass is 79.9. The van der Waals surface area contributed by atoms with Gasteiger partial charge in [0.2, 0.25) is 0 Å². The summed E-state index contributed by atoms with van der Waals surface area (Å²) < 4.78 is 1.11. The van der Waals surface area contributed by atoms with Crippen LogP contribution in [0.15, 0.2) is 77.3 Å². The molecule has 0 fully saturated rings. The molecule has 0 aliphatic heterocycles. The Morgan fingerprint density at radius 1 is 0.542 bits per heavy atom. The monoisotopic (exact) mass is 506 g/mol. The van der Waals surface area contributed by atoms with Crippen LogP contribution in [0.5, 0.6) is 0 Å². The van der Waals surface area contributed by atoms with Crippen LogP contribution in [0.4, 0.5) is 0 Å². The summed E-state index contributed by atoms with van der Waals surface area (Å²) in [6.45, 7) is 0. The number of hydrogen-bond donors (Lipinski definition) is 0. The molecule has 122 valence electrons. The van der Waals surface area contributed by atoms with Crippen molar-refractivity contribution in [3.63, 3.8) is 0 Å². The number of benzene rings is 3.